The van der Waals surface area contributed by atoms with Crippen molar-refractivity contribution in [2.24, 2.45) is 0 Å². The minimum atomic E-state index is 0.244. The van der Waals surface area contributed by atoms with Gasteiger partial charge in [-0.2, -0.15) is 0 Å². The quantitative estimate of drug-likeness (QED) is 0.774. The fourth-order valence-corrected chi connectivity index (χ4v) is 3.82. The average molecular weight is 361 g/mol. The van der Waals surface area contributed by atoms with E-state index >= 15 is 0 Å². The van der Waals surface area contributed by atoms with Gasteiger partial charge in [0.05, 0.1) is 0 Å². The second-order valence-electron chi connectivity index (χ2n) is 7.73. The number of hydrogen-bond donors (Lipinski definition) is 0. The highest BCUT2D eigenvalue weighted by atomic mass is 16.7. The number of piperazine rings is 1. The van der Waals surface area contributed by atoms with Crippen LogP contribution in [-0.4, -0.2) is 79.8 Å². The molecule has 2 heterocycles. The van der Waals surface area contributed by atoms with Crippen molar-refractivity contribution in [2.45, 2.75) is 38.8 Å². The molecule has 2 unspecified atom stereocenters. The van der Waals surface area contributed by atoms with E-state index in [-0.39, 0.29) is 12.7 Å². The van der Waals surface area contributed by atoms with Crippen LogP contribution in [0.25, 0.3) is 0 Å². The van der Waals surface area contributed by atoms with Gasteiger partial charge in [0.15, 0.2) is 11.5 Å². The minimum absolute atomic E-state index is 0.244. The number of carbonyl (C=O) groups is 1. The Balaban J connectivity index is 1.51. The maximum absolute atomic E-state index is 12.7. The molecule has 26 heavy (non-hydrogen) atoms. The van der Waals surface area contributed by atoms with Crippen LogP contribution >= 0.6 is 0 Å². The van der Waals surface area contributed by atoms with Crippen LogP contribution in [-0.2, 0) is 11.2 Å². The van der Waals surface area contributed by atoms with E-state index in [1.54, 1.807) is 0 Å². The summed E-state index contributed by atoms with van der Waals surface area (Å²) in [5.74, 6) is 1.82. The molecule has 0 aliphatic carbocycles. The third-order valence-corrected chi connectivity index (χ3v) is 5.32. The molecule has 2 aliphatic heterocycles. The molecule has 1 aromatic rings. The van der Waals surface area contributed by atoms with Gasteiger partial charge in [0, 0.05) is 44.7 Å². The van der Waals surface area contributed by atoms with Crippen LogP contribution in [0, 0.1) is 0 Å². The monoisotopic (exact) mass is 361 g/mol. The predicted octanol–water partition coefficient (Wildman–Crippen LogP) is 1.83. The van der Waals surface area contributed by atoms with Crippen molar-refractivity contribution >= 4 is 5.91 Å². The molecule has 2 atom stereocenters. The Labute approximate surface area is 156 Å². The first kappa shape index (κ1) is 19.0. The van der Waals surface area contributed by atoms with E-state index in [9.17, 15) is 4.79 Å². The molecule has 2 aliphatic rings. The van der Waals surface area contributed by atoms with Crippen LogP contribution in [0.4, 0.5) is 0 Å². The number of carbonyl (C=O) groups excluding carboxylic acids is 1. The number of hydrogen-bond acceptors (Lipinski definition) is 5. The summed E-state index contributed by atoms with van der Waals surface area (Å²) in [5.41, 5.74) is 1.12. The van der Waals surface area contributed by atoms with Crippen LogP contribution in [0.3, 0.4) is 0 Å². The lowest BCUT2D eigenvalue weighted by Crippen LogP contribution is -2.59. The zero-order chi connectivity index (χ0) is 18.7. The molecular formula is C20H31N3O3. The van der Waals surface area contributed by atoms with Gasteiger partial charge in [-0.15, -0.1) is 0 Å². The van der Waals surface area contributed by atoms with Gasteiger partial charge < -0.3 is 19.3 Å². The van der Waals surface area contributed by atoms with E-state index in [0.717, 1.165) is 49.7 Å². The predicted molar refractivity (Wildman–Crippen MR) is 102 cm³/mol. The fourth-order valence-electron chi connectivity index (χ4n) is 3.82. The fraction of sp³-hybridized carbons (Fsp3) is 0.650. The smallest absolute Gasteiger partial charge is 0.231 e. The highest BCUT2D eigenvalue weighted by Gasteiger charge is 2.31. The number of nitrogens with zero attached hydrogens (tertiary/aromatic N) is 3. The van der Waals surface area contributed by atoms with Gasteiger partial charge in [0.2, 0.25) is 12.7 Å². The molecule has 0 aromatic heterocycles. The van der Waals surface area contributed by atoms with Crippen molar-refractivity contribution in [3.8, 4) is 11.5 Å². The molecule has 6 nitrogen and oxygen atoms in total. The van der Waals surface area contributed by atoms with E-state index in [0.29, 0.717) is 18.5 Å². The second kappa shape index (κ2) is 8.27. The van der Waals surface area contributed by atoms with Gasteiger partial charge in [-0.3, -0.25) is 9.69 Å². The number of amides is 1. The van der Waals surface area contributed by atoms with Gasteiger partial charge in [-0.1, -0.05) is 6.07 Å². The topological polar surface area (TPSA) is 45.3 Å². The highest BCUT2D eigenvalue weighted by Crippen LogP contribution is 2.32. The SMILES string of the molecule is CC1CN(C(=O)CCc2ccc3c(c2)OCO3)CC(C)N1CCN(C)C. The van der Waals surface area contributed by atoms with Crippen LogP contribution in [0.2, 0.25) is 0 Å². The maximum atomic E-state index is 12.7. The Hall–Kier alpha value is -1.79. The van der Waals surface area contributed by atoms with E-state index in [1.165, 1.54) is 0 Å². The second-order valence-corrected chi connectivity index (χ2v) is 7.73. The van der Waals surface area contributed by atoms with Crippen molar-refractivity contribution in [1.82, 2.24) is 14.7 Å². The van der Waals surface area contributed by atoms with Gasteiger partial charge in [0.25, 0.3) is 0 Å². The molecule has 0 saturated carbocycles. The number of fused-ring (bicyclic) bond motifs is 1. The standard InChI is InChI=1S/C20H31N3O3/c1-15-12-22(13-16(2)23(15)10-9-21(3)4)20(24)8-6-17-5-7-18-19(11-17)26-14-25-18/h5,7,11,15-16H,6,8-10,12-14H2,1-4H3. The first-order valence-corrected chi connectivity index (χ1v) is 9.51. The van der Waals surface area contributed by atoms with Crippen molar-refractivity contribution in [2.75, 3.05) is 47.1 Å². The molecule has 0 radical (unpaired) electrons. The highest BCUT2D eigenvalue weighted by molar-refractivity contribution is 5.76. The molecule has 1 saturated heterocycles. The molecule has 6 heteroatoms. The van der Waals surface area contributed by atoms with Gasteiger partial charge in [0.1, 0.15) is 0 Å². The first-order valence-electron chi connectivity index (χ1n) is 9.51. The average Bonchev–Trinajstić information content (AvgIpc) is 3.06. The van der Waals surface area contributed by atoms with Crippen LogP contribution in [0.15, 0.2) is 18.2 Å². The maximum Gasteiger partial charge on any atom is 0.231 e. The van der Waals surface area contributed by atoms with Crippen LogP contribution in [0.1, 0.15) is 25.8 Å². The van der Waals surface area contributed by atoms with Crippen LogP contribution < -0.4 is 9.47 Å². The van der Waals surface area contributed by atoms with E-state index in [4.69, 9.17) is 9.47 Å². The molecule has 0 bridgehead atoms. The Kier molecular flexibility index (Phi) is 6.04. The Morgan fingerprint density at radius 1 is 1.15 bits per heavy atom. The lowest BCUT2D eigenvalue weighted by Gasteiger charge is -2.45. The first-order chi connectivity index (χ1) is 12.4. The van der Waals surface area contributed by atoms with Gasteiger partial charge in [-0.05, 0) is 52.1 Å². The number of likely N-dealkylation sites (N-methyl/N-ethyl adjacent to an activating group) is 1. The number of benzene rings is 1. The number of aryl methyl sites for hydroxylation is 1. The molecule has 1 fully saturated rings. The van der Waals surface area contributed by atoms with E-state index < -0.39 is 0 Å². The summed E-state index contributed by atoms with van der Waals surface area (Å²) in [7, 11) is 4.20. The number of ether oxygens (including phenoxy) is 2. The third kappa shape index (κ3) is 4.48. The molecular weight excluding hydrogens is 330 g/mol. The molecule has 3 rings (SSSR count). The van der Waals surface area contributed by atoms with Crippen molar-refractivity contribution in [3.63, 3.8) is 0 Å². The summed E-state index contributed by atoms with van der Waals surface area (Å²) in [6.07, 6.45) is 1.27. The number of rotatable bonds is 6. The molecule has 0 N–H and O–H groups in total. The Morgan fingerprint density at radius 3 is 2.54 bits per heavy atom. The summed E-state index contributed by atoms with van der Waals surface area (Å²) in [6.45, 7) is 8.47. The lowest BCUT2D eigenvalue weighted by molar-refractivity contribution is -0.135. The largest absolute Gasteiger partial charge is 0.454 e. The lowest BCUT2D eigenvalue weighted by atomic mass is 10.1. The third-order valence-electron chi connectivity index (χ3n) is 5.32. The summed E-state index contributed by atoms with van der Waals surface area (Å²) in [5, 5.41) is 0. The van der Waals surface area contributed by atoms with Gasteiger partial charge >= 0.3 is 0 Å². The summed E-state index contributed by atoms with van der Waals surface area (Å²) < 4.78 is 10.8. The normalized spacial score (nSPS) is 22.9. The molecule has 1 amide bonds. The van der Waals surface area contributed by atoms with Crippen molar-refractivity contribution in [3.05, 3.63) is 23.8 Å². The zero-order valence-electron chi connectivity index (χ0n) is 16.4. The summed E-state index contributed by atoms with van der Waals surface area (Å²) in [6, 6.07) is 6.72. The Bertz CT molecular complexity index is 623. The van der Waals surface area contributed by atoms with Gasteiger partial charge in [-0.25, -0.2) is 0 Å². The zero-order valence-corrected chi connectivity index (χ0v) is 16.4. The summed E-state index contributed by atoms with van der Waals surface area (Å²) >= 11 is 0. The molecule has 144 valence electrons. The van der Waals surface area contributed by atoms with E-state index in [2.05, 4.69) is 37.7 Å². The van der Waals surface area contributed by atoms with Crippen molar-refractivity contribution < 1.29 is 14.3 Å². The Morgan fingerprint density at radius 2 is 1.85 bits per heavy atom. The molecule has 0 spiro atoms. The van der Waals surface area contributed by atoms with Crippen molar-refractivity contribution in [1.29, 1.82) is 0 Å². The van der Waals surface area contributed by atoms with E-state index in [1.807, 2.05) is 23.1 Å². The van der Waals surface area contributed by atoms with Crippen LogP contribution in [0.5, 0.6) is 11.5 Å². The minimum Gasteiger partial charge on any atom is -0.454 e. The molecule has 1 aromatic carbocycles. The summed E-state index contributed by atoms with van der Waals surface area (Å²) in [4.78, 5) is 19.5.